The molecule has 0 atom stereocenters. The molecule has 2 nitrogen and oxygen atoms in total. The molecule has 1 aromatic carbocycles. The van der Waals surface area contributed by atoms with Crippen LogP contribution in [0.1, 0.15) is 11.1 Å². The van der Waals surface area contributed by atoms with Gasteiger partial charge in [-0.2, -0.15) is 13.2 Å². The Morgan fingerprint density at radius 3 is 2.41 bits per heavy atom. The number of aliphatic hydroxyl groups is 1. The zero-order valence-corrected chi connectivity index (χ0v) is 8.66. The Kier molecular flexibility index (Phi) is 2.93. The van der Waals surface area contributed by atoms with Crippen molar-refractivity contribution in [2.24, 2.45) is 0 Å². The van der Waals surface area contributed by atoms with Crippen molar-refractivity contribution in [1.82, 2.24) is 0 Å². The van der Waals surface area contributed by atoms with Crippen LogP contribution in [0.25, 0.3) is 11.3 Å². The Bertz CT molecular complexity index is 501. The minimum absolute atomic E-state index is 0.171. The second kappa shape index (κ2) is 4.25. The smallest absolute Gasteiger partial charge is 0.416 e. The fourth-order valence-electron chi connectivity index (χ4n) is 1.69. The Labute approximate surface area is 95.3 Å². The molecule has 90 valence electrons. The molecule has 0 unspecified atom stereocenters. The average molecular weight is 242 g/mol. The first kappa shape index (κ1) is 11.7. The van der Waals surface area contributed by atoms with Crippen LogP contribution >= 0.6 is 0 Å². The molecule has 1 aromatic heterocycles. The summed E-state index contributed by atoms with van der Waals surface area (Å²) in [5.74, 6) is 0.306. The van der Waals surface area contributed by atoms with E-state index in [-0.39, 0.29) is 11.1 Å². The van der Waals surface area contributed by atoms with Gasteiger partial charge in [0.2, 0.25) is 0 Å². The van der Waals surface area contributed by atoms with Crippen molar-refractivity contribution in [2.75, 3.05) is 0 Å². The summed E-state index contributed by atoms with van der Waals surface area (Å²) in [6, 6.07) is 6.85. The van der Waals surface area contributed by atoms with Crippen LogP contribution in [-0.2, 0) is 12.8 Å². The van der Waals surface area contributed by atoms with Crippen LogP contribution in [0, 0.1) is 0 Å². The van der Waals surface area contributed by atoms with Crippen molar-refractivity contribution < 1.29 is 22.7 Å². The van der Waals surface area contributed by atoms with Gasteiger partial charge in [-0.3, -0.25) is 0 Å². The summed E-state index contributed by atoms with van der Waals surface area (Å²) in [6.45, 7) is -0.689. The highest BCUT2D eigenvalue weighted by atomic mass is 19.4. The van der Waals surface area contributed by atoms with Crippen molar-refractivity contribution in [3.8, 4) is 11.3 Å². The van der Waals surface area contributed by atoms with E-state index in [9.17, 15) is 13.2 Å². The SMILES string of the molecule is OCc1c(-c2ccco2)cccc1C(F)(F)F. The molecule has 0 bridgehead atoms. The predicted molar refractivity (Wildman–Crippen MR) is 55.1 cm³/mol. The summed E-state index contributed by atoms with van der Waals surface area (Å²) < 4.78 is 43.2. The van der Waals surface area contributed by atoms with E-state index in [1.165, 1.54) is 18.4 Å². The van der Waals surface area contributed by atoms with Crippen molar-refractivity contribution in [2.45, 2.75) is 12.8 Å². The third-order valence-corrected chi connectivity index (χ3v) is 2.43. The number of hydrogen-bond acceptors (Lipinski definition) is 2. The highest BCUT2D eigenvalue weighted by molar-refractivity contribution is 5.64. The van der Waals surface area contributed by atoms with E-state index in [0.29, 0.717) is 5.76 Å². The topological polar surface area (TPSA) is 33.4 Å². The lowest BCUT2D eigenvalue weighted by Gasteiger charge is -2.14. The van der Waals surface area contributed by atoms with E-state index in [4.69, 9.17) is 9.52 Å². The van der Waals surface area contributed by atoms with Gasteiger partial charge in [0.1, 0.15) is 5.76 Å². The van der Waals surface area contributed by atoms with Crippen LogP contribution in [0.2, 0.25) is 0 Å². The van der Waals surface area contributed by atoms with Gasteiger partial charge in [-0.1, -0.05) is 12.1 Å². The highest BCUT2D eigenvalue weighted by Gasteiger charge is 2.34. The van der Waals surface area contributed by atoms with E-state index < -0.39 is 18.3 Å². The van der Waals surface area contributed by atoms with E-state index in [1.807, 2.05) is 0 Å². The number of benzene rings is 1. The first-order valence-corrected chi connectivity index (χ1v) is 4.88. The van der Waals surface area contributed by atoms with Crippen molar-refractivity contribution in [3.05, 3.63) is 47.7 Å². The number of alkyl halides is 3. The standard InChI is InChI=1S/C12H9F3O2/c13-12(14,15)10-4-1-3-8(9(10)7-16)11-5-2-6-17-11/h1-6,16H,7H2. The molecule has 2 rings (SSSR count). The molecule has 0 spiro atoms. The predicted octanol–water partition coefficient (Wildman–Crippen LogP) is 3.46. The Morgan fingerprint density at radius 1 is 1.12 bits per heavy atom. The van der Waals surface area contributed by atoms with Gasteiger partial charge in [0.15, 0.2) is 0 Å². The lowest BCUT2D eigenvalue weighted by atomic mass is 9.99. The van der Waals surface area contributed by atoms with Crippen molar-refractivity contribution >= 4 is 0 Å². The highest BCUT2D eigenvalue weighted by Crippen LogP contribution is 2.36. The summed E-state index contributed by atoms with van der Waals surface area (Å²) in [6.07, 6.45) is -3.11. The van der Waals surface area contributed by atoms with Crippen molar-refractivity contribution in [1.29, 1.82) is 0 Å². The molecule has 2 aromatic rings. The van der Waals surface area contributed by atoms with E-state index in [1.54, 1.807) is 12.1 Å². The van der Waals surface area contributed by atoms with Crippen LogP contribution in [0.4, 0.5) is 13.2 Å². The maximum absolute atomic E-state index is 12.7. The average Bonchev–Trinajstić information content (AvgIpc) is 2.80. The van der Waals surface area contributed by atoms with Gasteiger partial charge in [-0.25, -0.2) is 0 Å². The second-order valence-electron chi connectivity index (χ2n) is 3.46. The van der Waals surface area contributed by atoms with Crippen LogP contribution < -0.4 is 0 Å². The fourth-order valence-corrected chi connectivity index (χ4v) is 1.69. The Balaban J connectivity index is 2.62. The Hall–Kier alpha value is -1.75. The number of rotatable bonds is 2. The molecule has 0 aliphatic rings. The first-order chi connectivity index (χ1) is 8.04. The van der Waals surface area contributed by atoms with Crippen LogP contribution in [-0.4, -0.2) is 5.11 Å². The summed E-state index contributed by atoms with van der Waals surface area (Å²) >= 11 is 0. The van der Waals surface area contributed by atoms with Gasteiger partial charge in [0, 0.05) is 11.1 Å². The van der Waals surface area contributed by atoms with Gasteiger partial charge < -0.3 is 9.52 Å². The molecule has 0 aliphatic heterocycles. The molecule has 17 heavy (non-hydrogen) atoms. The number of furan rings is 1. The molecule has 0 saturated heterocycles. The molecule has 0 aliphatic carbocycles. The largest absolute Gasteiger partial charge is 0.464 e. The summed E-state index contributed by atoms with van der Waals surface area (Å²) in [7, 11) is 0. The zero-order chi connectivity index (χ0) is 12.5. The monoisotopic (exact) mass is 242 g/mol. The van der Waals surface area contributed by atoms with E-state index in [2.05, 4.69) is 0 Å². The molecule has 0 radical (unpaired) electrons. The van der Waals surface area contributed by atoms with Gasteiger partial charge in [-0.05, 0) is 18.2 Å². The van der Waals surface area contributed by atoms with Gasteiger partial charge in [0.25, 0.3) is 0 Å². The first-order valence-electron chi connectivity index (χ1n) is 4.88. The van der Waals surface area contributed by atoms with Crippen LogP contribution in [0.5, 0.6) is 0 Å². The quantitative estimate of drug-likeness (QED) is 0.874. The van der Waals surface area contributed by atoms with E-state index >= 15 is 0 Å². The van der Waals surface area contributed by atoms with Crippen LogP contribution in [0.15, 0.2) is 41.0 Å². The molecule has 0 fully saturated rings. The minimum Gasteiger partial charge on any atom is -0.464 e. The maximum Gasteiger partial charge on any atom is 0.416 e. The molecule has 0 amide bonds. The molecule has 1 N–H and O–H groups in total. The molecular formula is C12H9F3O2. The molecular weight excluding hydrogens is 233 g/mol. The van der Waals surface area contributed by atoms with Crippen LogP contribution in [0.3, 0.4) is 0 Å². The van der Waals surface area contributed by atoms with Gasteiger partial charge in [-0.15, -0.1) is 0 Å². The van der Waals surface area contributed by atoms with Gasteiger partial charge in [0.05, 0.1) is 18.4 Å². The summed E-state index contributed by atoms with van der Waals surface area (Å²) in [5, 5.41) is 9.12. The maximum atomic E-state index is 12.7. The molecule has 0 saturated carbocycles. The number of halogens is 3. The summed E-state index contributed by atoms with van der Waals surface area (Å²) in [5.41, 5.74) is -0.754. The fraction of sp³-hybridized carbons (Fsp3) is 0.167. The summed E-state index contributed by atoms with van der Waals surface area (Å²) in [4.78, 5) is 0. The normalized spacial score (nSPS) is 11.8. The third kappa shape index (κ3) is 2.19. The third-order valence-electron chi connectivity index (χ3n) is 2.43. The van der Waals surface area contributed by atoms with Crippen molar-refractivity contribution in [3.63, 3.8) is 0 Å². The second-order valence-corrected chi connectivity index (χ2v) is 3.46. The minimum atomic E-state index is -4.49. The molecule has 1 heterocycles. The lowest BCUT2D eigenvalue weighted by Crippen LogP contribution is -2.10. The number of aliphatic hydroxyl groups excluding tert-OH is 1. The number of hydrogen-bond donors (Lipinski definition) is 1. The van der Waals surface area contributed by atoms with E-state index in [0.717, 1.165) is 6.07 Å². The van der Waals surface area contributed by atoms with Gasteiger partial charge >= 0.3 is 6.18 Å². The zero-order valence-electron chi connectivity index (χ0n) is 8.66. The molecule has 5 heteroatoms. The Morgan fingerprint density at radius 2 is 1.88 bits per heavy atom. The lowest BCUT2D eigenvalue weighted by molar-refractivity contribution is -0.138.